The maximum atomic E-state index is 6.46. The highest BCUT2D eigenvalue weighted by Crippen LogP contribution is 2.45. The first-order valence-corrected chi connectivity index (χ1v) is 16.4. The van der Waals surface area contributed by atoms with Gasteiger partial charge in [0.25, 0.3) is 0 Å². The summed E-state index contributed by atoms with van der Waals surface area (Å²) < 4.78 is 6.46. The van der Waals surface area contributed by atoms with E-state index < -0.39 is 0 Å². The van der Waals surface area contributed by atoms with E-state index in [2.05, 4.69) is 175 Å². The summed E-state index contributed by atoms with van der Waals surface area (Å²) in [6.07, 6.45) is 0. The minimum Gasteiger partial charge on any atom is -0.456 e. The molecule has 0 unspecified atom stereocenters. The van der Waals surface area contributed by atoms with Gasteiger partial charge in [-0.3, -0.25) is 0 Å². The third-order valence-corrected chi connectivity index (χ3v) is 9.82. The van der Waals surface area contributed by atoms with Gasteiger partial charge in [-0.1, -0.05) is 133 Å². The summed E-state index contributed by atoms with van der Waals surface area (Å²) in [5.41, 5.74) is 7.44. The smallest absolute Gasteiger partial charge is 0.138 e. The van der Waals surface area contributed by atoms with Crippen LogP contribution in [0, 0.1) is 0 Å². The second-order valence-corrected chi connectivity index (χ2v) is 12.5. The number of nitrogens with zero attached hydrogens (tertiary/aromatic N) is 1. The van der Waals surface area contributed by atoms with Gasteiger partial charge >= 0.3 is 0 Å². The molecule has 48 heavy (non-hydrogen) atoms. The van der Waals surface area contributed by atoms with Crippen LogP contribution in [0.25, 0.3) is 76.2 Å². The Morgan fingerprint density at radius 1 is 0.333 bits per heavy atom. The Morgan fingerprint density at radius 3 is 1.73 bits per heavy atom. The largest absolute Gasteiger partial charge is 0.456 e. The number of para-hydroxylation sites is 2. The summed E-state index contributed by atoms with van der Waals surface area (Å²) in [5, 5.41) is 12.3. The van der Waals surface area contributed by atoms with Crippen molar-refractivity contribution in [1.82, 2.24) is 0 Å². The Labute approximate surface area is 277 Å². The number of hydrogen-bond donors (Lipinski definition) is 0. The third-order valence-electron chi connectivity index (χ3n) is 9.82. The molecule has 0 amide bonds. The molecule has 0 saturated carbocycles. The second kappa shape index (κ2) is 10.6. The molecular weight excluding hydrogens is 583 g/mol. The predicted molar refractivity (Wildman–Crippen MR) is 204 cm³/mol. The summed E-state index contributed by atoms with van der Waals surface area (Å²) >= 11 is 0. The van der Waals surface area contributed by atoms with Crippen molar-refractivity contribution in [3.05, 3.63) is 176 Å². The Kier molecular flexibility index (Phi) is 5.91. The molecule has 0 saturated heterocycles. The van der Waals surface area contributed by atoms with Crippen LogP contribution < -0.4 is 4.90 Å². The third kappa shape index (κ3) is 4.13. The van der Waals surface area contributed by atoms with Crippen LogP contribution >= 0.6 is 0 Å². The number of hydrogen-bond acceptors (Lipinski definition) is 2. The molecule has 224 valence electrons. The van der Waals surface area contributed by atoms with Crippen molar-refractivity contribution in [3.8, 4) is 11.1 Å². The highest BCUT2D eigenvalue weighted by Gasteiger charge is 2.20. The molecule has 0 spiro atoms. The van der Waals surface area contributed by atoms with Crippen LogP contribution in [-0.2, 0) is 0 Å². The van der Waals surface area contributed by atoms with Crippen LogP contribution in [0.2, 0.25) is 0 Å². The minimum atomic E-state index is 0.888. The Hall–Kier alpha value is -6.38. The SMILES string of the molecule is c1ccc(N(c2ccc(-c3ccc4ccc5c6ccccc6ccc5c4c3)cc2)c2cc3oc4ccccc4c3c3ccccc23)cc1. The van der Waals surface area contributed by atoms with Gasteiger partial charge in [0.2, 0.25) is 0 Å². The van der Waals surface area contributed by atoms with Gasteiger partial charge in [-0.15, -0.1) is 0 Å². The van der Waals surface area contributed by atoms with Gasteiger partial charge in [0.15, 0.2) is 0 Å². The predicted octanol–water partition coefficient (Wildman–Crippen LogP) is 13.3. The molecule has 0 aliphatic heterocycles. The monoisotopic (exact) mass is 611 g/mol. The molecule has 1 aromatic heterocycles. The summed E-state index contributed by atoms with van der Waals surface area (Å²) in [6.45, 7) is 0. The molecule has 0 aliphatic carbocycles. The molecular formula is C46H29NO. The maximum Gasteiger partial charge on any atom is 0.138 e. The summed E-state index contributed by atoms with van der Waals surface area (Å²) in [4.78, 5) is 2.34. The van der Waals surface area contributed by atoms with Crippen LogP contribution in [-0.4, -0.2) is 0 Å². The highest BCUT2D eigenvalue weighted by molar-refractivity contribution is 6.22. The van der Waals surface area contributed by atoms with E-state index in [1.165, 1.54) is 54.2 Å². The molecule has 0 radical (unpaired) electrons. The molecule has 10 aromatic rings. The summed E-state index contributed by atoms with van der Waals surface area (Å²) in [5.74, 6) is 0. The van der Waals surface area contributed by atoms with E-state index in [4.69, 9.17) is 4.42 Å². The van der Waals surface area contributed by atoms with Crippen LogP contribution in [0.3, 0.4) is 0 Å². The first kappa shape index (κ1) is 26.8. The normalized spacial score (nSPS) is 11.8. The van der Waals surface area contributed by atoms with E-state index in [1.807, 2.05) is 6.07 Å². The Balaban J connectivity index is 1.13. The van der Waals surface area contributed by atoms with E-state index in [0.717, 1.165) is 39.0 Å². The molecule has 9 aromatic carbocycles. The average Bonchev–Trinajstić information content (AvgIpc) is 3.54. The number of benzene rings is 9. The fourth-order valence-corrected chi connectivity index (χ4v) is 7.56. The van der Waals surface area contributed by atoms with Gasteiger partial charge in [-0.25, -0.2) is 0 Å². The molecule has 0 N–H and O–H groups in total. The van der Waals surface area contributed by atoms with Crippen molar-refractivity contribution in [2.75, 3.05) is 4.90 Å². The van der Waals surface area contributed by atoms with Crippen molar-refractivity contribution in [2.45, 2.75) is 0 Å². The standard InChI is InChI=1S/C46H29NO/c1-2-11-34(12-3-1)47(43-29-45-46(40-15-7-6-14-39(40)43)41-16-8-9-17-44(41)48-45)35-24-20-30(21-25-35)33-19-18-32-23-26-37-36-13-5-4-10-31(36)22-27-38(37)42(32)28-33/h1-29H. The zero-order valence-electron chi connectivity index (χ0n) is 26.1. The van der Waals surface area contributed by atoms with Gasteiger partial charge in [-0.05, 0) is 85.2 Å². The van der Waals surface area contributed by atoms with E-state index in [0.29, 0.717) is 0 Å². The Morgan fingerprint density at radius 2 is 0.917 bits per heavy atom. The van der Waals surface area contributed by atoms with Gasteiger partial charge in [0.05, 0.1) is 5.69 Å². The van der Waals surface area contributed by atoms with Crippen LogP contribution in [0.4, 0.5) is 17.1 Å². The molecule has 0 bridgehead atoms. The Bertz CT molecular complexity index is 2830. The quantitative estimate of drug-likeness (QED) is 0.184. The minimum absolute atomic E-state index is 0.888. The number of fused-ring (bicyclic) bond motifs is 10. The van der Waals surface area contributed by atoms with Crippen molar-refractivity contribution in [1.29, 1.82) is 0 Å². The second-order valence-electron chi connectivity index (χ2n) is 12.5. The molecule has 2 nitrogen and oxygen atoms in total. The molecule has 2 heteroatoms. The lowest BCUT2D eigenvalue weighted by Gasteiger charge is -2.27. The van der Waals surface area contributed by atoms with Crippen LogP contribution in [0.5, 0.6) is 0 Å². The van der Waals surface area contributed by atoms with Crippen molar-refractivity contribution >= 4 is 82.1 Å². The lowest BCUT2D eigenvalue weighted by Crippen LogP contribution is -2.10. The zero-order valence-corrected chi connectivity index (χ0v) is 26.1. The van der Waals surface area contributed by atoms with Crippen molar-refractivity contribution in [2.24, 2.45) is 0 Å². The fourth-order valence-electron chi connectivity index (χ4n) is 7.56. The van der Waals surface area contributed by atoms with Gasteiger partial charge in [-0.2, -0.15) is 0 Å². The fraction of sp³-hybridized carbons (Fsp3) is 0. The molecule has 10 rings (SSSR count). The lowest BCUT2D eigenvalue weighted by atomic mass is 9.94. The van der Waals surface area contributed by atoms with Crippen molar-refractivity contribution in [3.63, 3.8) is 0 Å². The summed E-state index contributed by atoms with van der Waals surface area (Å²) in [6, 6.07) is 63.3. The van der Waals surface area contributed by atoms with E-state index >= 15 is 0 Å². The van der Waals surface area contributed by atoms with Gasteiger partial charge in [0, 0.05) is 33.6 Å². The van der Waals surface area contributed by atoms with E-state index in [1.54, 1.807) is 0 Å². The van der Waals surface area contributed by atoms with Gasteiger partial charge < -0.3 is 9.32 Å². The lowest BCUT2D eigenvalue weighted by molar-refractivity contribution is 0.669. The molecule has 0 fully saturated rings. The molecule has 1 heterocycles. The van der Waals surface area contributed by atoms with E-state index in [9.17, 15) is 0 Å². The summed E-state index contributed by atoms with van der Waals surface area (Å²) in [7, 11) is 0. The first-order chi connectivity index (χ1) is 23.8. The zero-order chi connectivity index (χ0) is 31.6. The van der Waals surface area contributed by atoms with E-state index in [-0.39, 0.29) is 0 Å². The topological polar surface area (TPSA) is 16.4 Å². The first-order valence-electron chi connectivity index (χ1n) is 16.4. The number of rotatable bonds is 4. The van der Waals surface area contributed by atoms with Crippen LogP contribution in [0.15, 0.2) is 180 Å². The highest BCUT2D eigenvalue weighted by atomic mass is 16.3. The van der Waals surface area contributed by atoms with Gasteiger partial charge in [0.1, 0.15) is 11.2 Å². The number of furan rings is 1. The van der Waals surface area contributed by atoms with Crippen molar-refractivity contribution < 1.29 is 4.42 Å². The van der Waals surface area contributed by atoms with Crippen LogP contribution in [0.1, 0.15) is 0 Å². The average molecular weight is 612 g/mol. The molecule has 0 aliphatic rings. The molecule has 0 atom stereocenters. The maximum absolute atomic E-state index is 6.46. The number of anilines is 3.